The summed E-state index contributed by atoms with van der Waals surface area (Å²) in [6.07, 6.45) is 2.99. The second-order valence-electron chi connectivity index (χ2n) is 12.4. The highest BCUT2D eigenvalue weighted by molar-refractivity contribution is 7.99. The van der Waals surface area contributed by atoms with Crippen molar-refractivity contribution in [1.82, 2.24) is 5.32 Å². The van der Waals surface area contributed by atoms with Crippen LogP contribution in [0.4, 0.5) is 11.4 Å². The number of thioether (sulfide) groups is 1. The topological polar surface area (TPSA) is 143 Å². The van der Waals surface area contributed by atoms with Crippen LogP contribution in [-0.2, 0) is 32.2 Å². The van der Waals surface area contributed by atoms with E-state index in [1.54, 1.807) is 23.9 Å². The van der Waals surface area contributed by atoms with Gasteiger partial charge in [0.15, 0.2) is 6.29 Å². The molecule has 0 bridgehead atoms. The number of anilines is 2. The Balaban J connectivity index is 1.10. The van der Waals surface area contributed by atoms with Crippen LogP contribution in [0.1, 0.15) is 73.2 Å². The van der Waals surface area contributed by atoms with Gasteiger partial charge in [0.1, 0.15) is 0 Å². The highest BCUT2D eigenvalue weighted by Crippen LogP contribution is 2.39. The largest absolute Gasteiger partial charge is 0.397 e. The van der Waals surface area contributed by atoms with Gasteiger partial charge in [-0.3, -0.25) is 9.59 Å². The molecule has 1 aliphatic rings. The van der Waals surface area contributed by atoms with Gasteiger partial charge >= 0.3 is 0 Å². The first-order valence-electron chi connectivity index (χ1n) is 17.2. The molecule has 1 saturated heterocycles. The van der Waals surface area contributed by atoms with Crippen LogP contribution in [-0.4, -0.2) is 46.2 Å². The number of hydrogen-bond acceptors (Lipinski definition) is 8. The number of carbonyl (C=O) groups excluding carboxylic acids is 2. The average molecular weight is 698 g/mol. The van der Waals surface area contributed by atoms with Gasteiger partial charge in [0.05, 0.1) is 36.8 Å². The lowest BCUT2D eigenvalue weighted by molar-refractivity contribution is -0.245. The standard InChI is InChI=1S/C40H47N3O6S/c41-35-9-4-5-10-36(35)43-39(47)12-3-1-2-11-38(46)42-25-29-7-6-8-33(23-29)30-17-19-32(20-18-30)40-48-34(27-50-22-21-44)24-37(49-40)31-15-13-28(26-45)14-16-31/h4-10,13-20,23,34,37,40,44-45H,1-3,11-12,21-22,24-27,41H2,(H,42,46)(H,43,47)/t34-,37+,40+/m1/s1. The van der Waals surface area contributed by atoms with Crippen LogP contribution in [0.25, 0.3) is 11.1 Å². The molecule has 10 heteroatoms. The molecule has 0 unspecified atom stereocenters. The zero-order chi connectivity index (χ0) is 35.1. The number of nitrogens with one attached hydrogen (secondary N) is 2. The second kappa shape index (κ2) is 19.3. The van der Waals surface area contributed by atoms with Crippen LogP contribution in [0.15, 0.2) is 97.1 Å². The summed E-state index contributed by atoms with van der Waals surface area (Å²) in [5.74, 6) is 1.33. The summed E-state index contributed by atoms with van der Waals surface area (Å²) in [6, 6.07) is 31.3. The Labute approximate surface area is 298 Å². The van der Waals surface area contributed by atoms with Crippen molar-refractivity contribution in [3.63, 3.8) is 0 Å². The highest BCUT2D eigenvalue weighted by atomic mass is 32.2. The normalized spacial score (nSPS) is 17.3. The monoisotopic (exact) mass is 697 g/mol. The van der Waals surface area contributed by atoms with Crippen molar-refractivity contribution in [2.24, 2.45) is 0 Å². The molecule has 6 N–H and O–H groups in total. The van der Waals surface area contributed by atoms with E-state index in [4.69, 9.17) is 15.2 Å². The van der Waals surface area contributed by atoms with Gasteiger partial charge in [-0.1, -0.05) is 85.3 Å². The summed E-state index contributed by atoms with van der Waals surface area (Å²) >= 11 is 1.67. The first-order chi connectivity index (χ1) is 24.4. The van der Waals surface area contributed by atoms with E-state index in [0.717, 1.165) is 45.6 Å². The number of hydrogen-bond donors (Lipinski definition) is 5. The molecule has 4 aromatic carbocycles. The minimum Gasteiger partial charge on any atom is -0.397 e. The van der Waals surface area contributed by atoms with Crippen molar-refractivity contribution in [3.05, 3.63) is 119 Å². The number of benzene rings is 4. The molecule has 264 valence electrons. The second-order valence-corrected chi connectivity index (χ2v) is 13.6. The predicted octanol–water partition coefficient (Wildman–Crippen LogP) is 6.90. The van der Waals surface area contributed by atoms with Gasteiger partial charge in [-0.25, -0.2) is 0 Å². The van der Waals surface area contributed by atoms with Gasteiger partial charge in [-0.2, -0.15) is 11.8 Å². The number of amides is 2. The van der Waals surface area contributed by atoms with E-state index in [1.807, 2.05) is 60.7 Å². The van der Waals surface area contributed by atoms with E-state index in [1.165, 1.54) is 0 Å². The van der Waals surface area contributed by atoms with Crippen LogP contribution in [0, 0.1) is 0 Å². The van der Waals surface area contributed by atoms with Gasteiger partial charge in [0, 0.05) is 42.9 Å². The fourth-order valence-electron chi connectivity index (χ4n) is 5.86. The van der Waals surface area contributed by atoms with Crippen molar-refractivity contribution in [2.45, 2.75) is 70.2 Å². The summed E-state index contributed by atoms with van der Waals surface area (Å²) in [5.41, 5.74) is 13.0. The van der Waals surface area contributed by atoms with Crippen molar-refractivity contribution in [3.8, 4) is 11.1 Å². The Morgan fingerprint density at radius 2 is 1.52 bits per heavy atom. The van der Waals surface area contributed by atoms with Crippen molar-refractivity contribution >= 4 is 35.0 Å². The molecule has 4 aromatic rings. The molecule has 1 heterocycles. The summed E-state index contributed by atoms with van der Waals surface area (Å²) in [6.45, 7) is 0.568. The molecule has 9 nitrogen and oxygen atoms in total. The fourth-order valence-corrected chi connectivity index (χ4v) is 6.63. The summed E-state index contributed by atoms with van der Waals surface area (Å²) < 4.78 is 12.8. The van der Waals surface area contributed by atoms with E-state index in [9.17, 15) is 19.8 Å². The molecule has 1 fully saturated rings. The number of carbonyl (C=O) groups is 2. The number of nitrogen functional groups attached to an aromatic ring is 1. The van der Waals surface area contributed by atoms with Crippen LogP contribution in [0.5, 0.6) is 0 Å². The van der Waals surface area contributed by atoms with E-state index in [2.05, 4.69) is 34.9 Å². The number of aliphatic hydroxyl groups is 2. The first-order valence-corrected chi connectivity index (χ1v) is 18.4. The Morgan fingerprint density at radius 1 is 0.780 bits per heavy atom. The first kappa shape index (κ1) is 37.1. The molecular formula is C40H47N3O6S. The van der Waals surface area contributed by atoms with Gasteiger partial charge in [-0.15, -0.1) is 0 Å². The van der Waals surface area contributed by atoms with Gasteiger partial charge in [-0.05, 0) is 58.9 Å². The van der Waals surface area contributed by atoms with Gasteiger partial charge in [0.2, 0.25) is 11.8 Å². The van der Waals surface area contributed by atoms with Crippen LogP contribution in [0.3, 0.4) is 0 Å². The summed E-state index contributed by atoms with van der Waals surface area (Å²) in [7, 11) is 0. The third-order valence-electron chi connectivity index (χ3n) is 8.63. The molecule has 3 atom stereocenters. The summed E-state index contributed by atoms with van der Waals surface area (Å²) in [5, 5.41) is 24.6. The molecule has 0 radical (unpaired) electrons. The number of nitrogens with two attached hydrogens (primary N) is 1. The van der Waals surface area contributed by atoms with Crippen molar-refractivity contribution in [2.75, 3.05) is 29.2 Å². The van der Waals surface area contributed by atoms with Crippen LogP contribution >= 0.6 is 11.8 Å². The average Bonchev–Trinajstić information content (AvgIpc) is 3.15. The lowest BCUT2D eigenvalue weighted by atomic mass is 9.99. The van der Waals surface area contributed by atoms with E-state index < -0.39 is 6.29 Å². The van der Waals surface area contributed by atoms with E-state index >= 15 is 0 Å². The molecule has 0 saturated carbocycles. The molecule has 0 spiro atoms. The van der Waals surface area contributed by atoms with Gasteiger partial charge < -0.3 is 36.1 Å². The van der Waals surface area contributed by atoms with E-state index in [0.29, 0.717) is 55.8 Å². The lowest BCUT2D eigenvalue weighted by Crippen LogP contribution is -2.31. The molecule has 0 aliphatic carbocycles. The zero-order valence-electron chi connectivity index (χ0n) is 28.3. The minimum atomic E-state index is -0.535. The molecule has 2 amide bonds. The third kappa shape index (κ3) is 11.2. The number of unbranched alkanes of at least 4 members (excludes halogenated alkanes) is 2. The molecule has 5 rings (SSSR count). The Bertz CT molecular complexity index is 1670. The number of ether oxygens (including phenoxy) is 2. The zero-order valence-corrected chi connectivity index (χ0v) is 29.1. The van der Waals surface area contributed by atoms with Gasteiger partial charge in [0.25, 0.3) is 0 Å². The number of rotatable bonds is 17. The molecule has 0 aromatic heterocycles. The highest BCUT2D eigenvalue weighted by Gasteiger charge is 2.32. The molecular weight excluding hydrogens is 651 g/mol. The minimum absolute atomic E-state index is 0.00118. The van der Waals surface area contributed by atoms with Crippen molar-refractivity contribution in [1.29, 1.82) is 0 Å². The predicted molar refractivity (Wildman–Crippen MR) is 199 cm³/mol. The number of para-hydroxylation sites is 2. The maximum Gasteiger partial charge on any atom is 0.224 e. The van der Waals surface area contributed by atoms with Crippen molar-refractivity contribution < 1.29 is 29.3 Å². The lowest BCUT2D eigenvalue weighted by Gasteiger charge is -2.36. The van der Waals surface area contributed by atoms with Crippen LogP contribution < -0.4 is 16.4 Å². The van der Waals surface area contributed by atoms with E-state index in [-0.39, 0.29) is 37.2 Å². The Kier molecular flexibility index (Phi) is 14.3. The maximum absolute atomic E-state index is 12.5. The van der Waals surface area contributed by atoms with Crippen LogP contribution in [0.2, 0.25) is 0 Å². The Hall–Kier alpha value is -4.19. The molecule has 1 aliphatic heterocycles. The number of aliphatic hydroxyl groups excluding tert-OH is 2. The summed E-state index contributed by atoms with van der Waals surface area (Å²) in [4.78, 5) is 24.7. The Morgan fingerprint density at radius 3 is 2.26 bits per heavy atom. The third-order valence-corrected chi connectivity index (χ3v) is 9.71. The maximum atomic E-state index is 12.5. The fraction of sp³-hybridized carbons (Fsp3) is 0.350. The SMILES string of the molecule is Nc1ccccc1NC(=O)CCCCCC(=O)NCc1cccc(-c2ccc([C@H]3O[C@@H](CSCCO)C[C@@H](c4ccc(CO)cc4)O3)cc2)c1. The smallest absolute Gasteiger partial charge is 0.224 e. The quantitative estimate of drug-likeness (QED) is 0.0592. The molecule has 50 heavy (non-hydrogen) atoms.